The maximum atomic E-state index is 7.46. The molecule has 0 spiro atoms. The summed E-state index contributed by atoms with van der Waals surface area (Å²) in [5.41, 5.74) is 13.5. The predicted molar refractivity (Wildman–Crippen MR) is 302 cm³/mol. The van der Waals surface area contributed by atoms with Crippen LogP contribution in [0.3, 0.4) is 0 Å². The molecule has 4 nitrogen and oxygen atoms in total. The van der Waals surface area contributed by atoms with E-state index in [1.54, 1.807) is 0 Å². The molecule has 5 heteroatoms. The van der Waals surface area contributed by atoms with Gasteiger partial charge in [-0.05, 0) is 130 Å². The summed E-state index contributed by atoms with van der Waals surface area (Å²) < 4.78 is 14.9. The van der Waals surface area contributed by atoms with Gasteiger partial charge in [0.1, 0.15) is 22.5 Å². The normalized spacial score (nSPS) is 13.7. The highest BCUT2D eigenvalue weighted by molar-refractivity contribution is 6.99. The molecule has 0 atom stereocenters. The number of nitrogens with zero attached hydrogens (tertiary/aromatic N) is 2. The van der Waals surface area contributed by atoms with E-state index in [0.29, 0.717) is 0 Å². The number of anilines is 6. The highest BCUT2D eigenvalue weighted by Crippen LogP contribution is 2.53. The molecule has 2 aromatic heterocycles. The fourth-order valence-corrected chi connectivity index (χ4v) is 12.6. The lowest BCUT2D eigenvalue weighted by Gasteiger charge is -2.41. The van der Waals surface area contributed by atoms with E-state index in [9.17, 15) is 0 Å². The van der Waals surface area contributed by atoms with E-state index in [1.165, 1.54) is 75.8 Å². The molecule has 0 N–H and O–H groups in total. The van der Waals surface area contributed by atoms with Crippen molar-refractivity contribution in [3.05, 3.63) is 199 Å². The molecule has 0 aliphatic carbocycles. The SMILES string of the molecule is CC(C)(C)c1ccc2oc3c(c2c1)N(c1cccc2c4ccccc4c4ccccc4c12)c1cccc2c1B3c1oc3ccc(C(C)(C)C)cc3c1N2c1cccc2c3ccccc3c3ccccc3c12. The van der Waals surface area contributed by atoms with Crippen LogP contribution in [0.2, 0.25) is 0 Å². The van der Waals surface area contributed by atoms with Crippen LogP contribution in [0.15, 0.2) is 197 Å². The first-order chi connectivity index (χ1) is 34.5. The van der Waals surface area contributed by atoms with Gasteiger partial charge in [0.2, 0.25) is 0 Å². The summed E-state index contributed by atoms with van der Waals surface area (Å²) in [5.74, 6) is 0. The fourth-order valence-electron chi connectivity index (χ4n) is 12.6. The van der Waals surface area contributed by atoms with Crippen molar-refractivity contribution >= 4 is 144 Å². The van der Waals surface area contributed by atoms with Crippen LogP contribution in [0.4, 0.5) is 34.1 Å². The minimum absolute atomic E-state index is 0.0898. The largest absolute Gasteiger partial charge is 0.468 e. The van der Waals surface area contributed by atoms with Gasteiger partial charge in [0.25, 0.3) is 0 Å². The van der Waals surface area contributed by atoms with Crippen LogP contribution >= 0.6 is 0 Å². The molecule has 338 valence electrons. The average Bonchev–Trinajstić information content (AvgIpc) is 3.97. The van der Waals surface area contributed by atoms with Crippen molar-refractivity contribution in [2.45, 2.75) is 52.4 Å². The standard InChI is InChI=1S/C66H49BN2O2/c1-65(2,3)38-32-34-56-50(36-38)61-63(70-56)67-60-54(68(61)52-28-15-26-48-44-20-9-7-18-40(44)42-22-11-13-24-46(42)58(48)52)30-17-31-55(60)69(62-51-37-39(66(4,5)6)33-35-57(51)71-64(62)67)53-29-16-27-49-45-21-10-8-19-41(45)43-23-12-14-25-47(43)59(49)53/h7-37H,1-6H3. The maximum absolute atomic E-state index is 7.46. The molecular formula is C66H49BN2O2. The summed E-state index contributed by atoms with van der Waals surface area (Å²) in [6.07, 6.45) is 0. The summed E-state index contributed by atoms with van der Waals surface area (Å²) >= 11 is 0. The second-order valence-corrected chi connectivity index (χ2v) is 21.9. The summed E-state index contributed by atoms with van der Waals surface area (Å²) in [7, 11) is 0. The molecule has 2 aliphatic heterocycles. The Bertz CT molecular complexity index is 4100. The molecular weight excluding hydrogens is 864 g/mol. The smallest absolute Gasteiger partial charge is 0.342 e. The third-order valence-electron chi connectivity index (χ3n) is 15.9. The van der Waals surface area contributed by atoms with Gasteiger partial charge in [-0.25, -0.2) is 0 Å². The number of rotatable bonds is 2. The molecule has 0 fully saturated rings. The van der Waals surface area contributed by atoms with E-state index < -0.39 is 0 Å². The lowest BCUT2D eigenvalue weighted by Crippen LogP contribution is -2.60. The number of furan rings is 2. The molecule has 11 aromatic carbocycles. The topological polar surface area (TPSA) is 32.8 Å². The van der Waals surface area contributed by atoms with Crippen molar-refractivity contribution in [2.75, 3.05) is 9.80 Å². The van der Waals surface area contributed by atoms with Crippen LogP contribution in [0.1, 0.15) is 52.7 Å². The summed E-state index contributed by atoms with van der Waals surface area (Å²) in [4.78, 5) is 5.09. The van der Waals surface area contributed by atoms with E-state index in [1.807, 2.05) is 0 Å². The second-order valence-electron chi connectivity index (χ2n) is 21.9. The van der Waals surface area contributed by atoms with E-state index in [4.69, 9.17) is 8.83 Å². The highest BCUT2D eigenvalue weighted by atomic mass is 16.3. The quantitative estimate of drug-likeness (QED) is 0.128. The van der Waals surface area contributed by atoms with Crippen molar-refractivity contribution in [1.82, 2.24) is 0 Å². The van der Waals surface area contributed by atoms with E-state index in [-0.39, 0.29) is 17.5 Å². The van der Waals surface area contributed by atoms with E-state index in [0.717, 1.165) is 72.8 Å². The van der Waals surface area contributed by atoms with Gasteiger partial charge in [-0.3, -0.25) is 0 Å². The molecule has 4 heterocycles. The van der Waals surface area contributed by atoms with Crippen LogP contribution in [0, 0.1) is 0 Å². The van der Waals surface area contributed by atoms with Crippen LogP contribution in [-0.2, 0) is 10.8 Å². The highest BCUT2D eigenvalue weighted by Gasteiger charge is 2.50. The van der Waals surface area contributed by atoms with Gasteiger partial charge in [-0.2, -0.15) is 0 Å². The Morgan fingerprint density at radius 2 is 0.634 bits per heavy atom. The van der Waals surface area contributed by atoms with Crippen LogP contribution in [0.25, 0.3) is 86.6 Å². The van der Waals surface area contributed by atoms with Gasteiger partial charge in [0.15, 0.2) is 0 Å². The summed E-state index contributed by atoms with van der Waals surface area (Å²) in [6.45, 7) is 13.4. The number of benzene rings is 11. The minimum atomic E-state index is -0.352. The minimum Gasteiger partial charge on any atom is -0.468 e. The predicted octanol–water partition coefficient (Wildman–Crippen LogP) is 16.8. The molecule has 0 saturated carbocycles. The lowest BCUT2D eigenvalue weighted by atomic mass is 9.37. The Kier molecular flexibility index (Phi) is 8.10. The van der Waals surface area contributed by atoms with Crippen molar-refractivity contribution < 1.29 is 8.83 Å². The molecule has 13 aromatic rings. The second kappa shape index (κ2) is 14.2. The first-order valence-electron chi connectivity index (χ1n) is 25.0. The van der Waals surface area contributed by atoms with Gasteiger partial charge >= 0.3 is 6.71 Å². The van der Waals surface area contributed by atoms with Crippen molar-refractivity contribution in [2.24, 2.45) is 0 Å². The molecule has 71 heavy (non-hydrogen) atoms. The lowest BCUT2D eigenvalue weighted by molar-refractivity contribution is 0.590. The average molecular weight is 913 g/mol. The summed E-state index contributed by atoms with van der Waals surface area (Å²) in [6, 6.07) is 69.9. The van der Waals surface area contributed by atoms with Crippen LogP contribution < -0.4 is 26.6 Å². The third kappa shape index (κ3) is 5.52. The zero-order valence-electron chi connectivity index (χ0n) is 40.7. The number of hydrogen-bond acceptors (Lipinski definition) is 4. The molecule has 2 aliphatic rings. The summed E-state index contributed by atoms with van der Waals surface area (Å²) in [5, 5.41) is 17.0. The van der Waals surface area contributed by atoms with Gasteiger partial charge < -0.3 is 18.6 Å². The van der Waals surface area contributed by atoms with E-state index >= 15 is 0 Å². The van der Waals surface area contributed by atoms with Gasteiger partial charge in [-0.15, -0.1) is 0 Å². The molecule has 0 unspecified atom stereocenters. The fraction of sp³-hybridized carbons (Fsp3) is 0.121. The zero-order chi connectivity index (χ0) is 47.7. The maximum Gasteiger partial charge on any atom is 0.342 e. The first kappa shape index (κ1) is 40.6. The Labute approximate surface area is 412 Å². The van der Waals surface area contributed by atoms with Crippen LogP contribution in [0.5, 0.6) is 0 Å². The monoisotopic (exact) mass is 912 g/mol. The third-order valence-corrected chi connectivity index (χ3v) is 15.9. The molecule has 0 amide bonds. The zero-order valence-corrected chi connectivity index (χ0v) is 40.7. The Morgan fingerprint density at radius 3 is 1.00 bits per heavy atom. The Morgan fingerprint density at radius 1 is 0.324 bits per heavy atom. The number of fused-ring (bicyclic) bond motifs is 20. The molecule has 15 rings (SSSR count). The Hall–Kier alpha value is -8.28. The van der Waals surface area contributed by atoms with Gasteiger partial charge in [0, 0.05) is 32.9 Å². The van der Waals surface area contributed by atoms with Crippen LogP contribution in [-0.4, -0.2) is 6.71 Å². The van der Waals surface area contributed by atoms with Gasteiger partial charge in [0.05, 0.1) is 22.7 Å². The number of hydrogen-bond donors (Lipinski definition) is 0. The van der Waals surface area contributed by atoms with Crippen molar-refractivity contribution in [3.63, 3.8) is 0 Å². The molecule has 0 saturated heterocycles. The first-order valence-corrected chi connectivity index (χ1v) is 25.0. The van der Waals surface area contributed by atoms with Gasteiger partial charge in [-0.1, -0.05) is 181 Å². The Balaban J connectivity index is 1.12. The molecule has 0 bridgehead atoms. The van der Waals surface area contributed by atoms with E-state index in [2.05, 4.69) is 239 Å². The molecule has 0 radical (unpaired) electrons. The van der Waals surface area contributed by atoms with Crippen molar-refractivity contribution in [1.29, 1.82) is 0 Å². The van der Waals surface area contributed by atoms with Crippen molar-refractivity contribution in [3.8, 4) is 0 Å².